The van der Waals surface area contributed by atoms with Crippen LogP contribution in [0.1, 0.15) is 5.56 Å². The molecule has 0 aliphatic carbocycles. The molecular formula is C12H12BrN3O. The van der Waals surface area contributed by atoms with E-state index >= 15 is 0 Å². The molecule has 1 aromatic carbocycles. The Kier molecular flexibility index (Phi) is 4.06. The van der Waals surface area contributed by atoms with E-state index in [9.17, 15) is 0 Å². The van der Waals surface area contributed by atoms with Gasteiger partial charge in [0.15, 0.2) is 0 Å². The van der Waals surface area contributed by atoms with Gasteiger partial charge in [-0.3, -0.25) is 0 Å². The predicted octanol–water partition coefficient (Wildman–Crippen LogP) is 2.75. The Hall–Kier alpha value is -1.46. The van der Waals surface area contributed by atoms with Gasteiger partial charge in [0.05, 0.1) is 0 Å². The smallest absolute Gasteiger partial charge is 0.321 e. The van der Waals surface area contributed by atoms with Gasteiger partial charge in [-0.15, -0.1) is 0 Å². The van der Waals surface area contributed by atoms with Crippen molar-refractivity contribution in [1.29, 1.82) is 0 Å². The molecule has 0 radical (unpaired) electrons. The lowest BCUT2D eigenvalue weighted by Gasteiger charge is -2.09. The first-order valence-corrected chi connectivity index (χ1v) is 5.97. The van der Waals surface area contributed by atoms with Crippen LogP contribution in [0.25, 0.3) is 0 Å². The molecule has 0 saturated carbocycles. The van der Waals surface area contributed by atoms with E-state index in [0.29, 0.717) is 6.01 Å². The maximum Gasteiger partial charge on any atom is 0.321 e. The largest absolute Gasteiger partial charge is 0.424 e. The number of ether oxygens (including phenoxy) is 1. The van der Waals surface area contributed by atoms with Crippen molar-refractivity contribution in [1.82, 2.24) is 15.3 Å². The van der Waals surface area contributed by atoms with E-state index < -0.39 is 0 Å². The first kappa shape index (κ1) is 12.0. The third kappa shape index (κ3) is 3.25. The summed E-state index contributed by atoms with van der Waals surface area (Å²) >= 11 is 3.44. The molecule has 5 heteroatoms. The minimum atomic E-state index is 0.354. The lowest BCUT2D eigenvalue weighted by molar-refractivity contribution is 0.435. The van der Waals surface area contributed by atoms with Gasteiger partial charge in [-0.1, -0.05) is 15.9 Å². The predicted molar refractivity (Wildman–Crippen MR) is 69.0 cm³/mol. The average Bonchev–Trinajstić information content (AvgIpc) is 2.34. The Bertz CT molecular complexity index is 490. The van der Waals surface area contributed by atoms with Crippen LogP contribution in [0.5, 0.6) is 11.8 Å². The molecule has 0 fully saturated rings. The summed E-state index contributed by atoms with van der Waals surface area (Å²) in [6.45, 7) is 0.724. The number of aromatic nitrogens is 2. The topological polar surface area (TPSA) is 47.0 Å². The highest BCUT2D eigenvalue weighted by Crippen LogP contribution is 2.26. The van der Waals surface area contributed by atoms with Crippen LogP contribution in [0.3, 0.4) is 0 Å². The molecule has 2 aromatic rings. The molecule has 1 aromatic heterocycles. The number of benzene rings is 1. The molecule has 0 spiro atoms. The maximum absolute atomic E-state index is 5.63. The van der Waals surface area contributed by atoms with Crippen LogP contribution >= 0.6 is 15.9 Å². The quantitative estimate of drug-likeness (QED) is 0.942. The van der Waals surface area contributed by atoms with Crippen LogP contribution in [-0.4, -0.2) is 17.0 Å². The van der Waals surface area contributed by atoms with E-state index in [1.54, 1.807) is 18.5 Å². The minimum absolute atomic E-state index is 0.354. The van der Waals surface area contributed by atoms with Gasteiger partial charge in [-0.2, -0.15) is 0 Å². The molecule has 0 unspecified atom stereocenters. The number of nitrogens with one attached hydrogen (secondary N) is 1. The number of halogens is 1. The van der Waals surface area contributed by atoms with Crippen LogP contribution in [0.15, 0.2) is 41.1 Å². The molecule has 0 atom stereocenters. The van der Waals surface area contributed by atoms with Crippen molar-refractivity contribution in [2.24, 2.45) is 0 Å². The second kappa shape index (κ2) is 5.75. The third-order valence-corrected chi connectivity index (χ3v) is 2.63. The van der Waals surface area contributed by atoms with Gasteiger partial charge in [-0.05, 0) is 31.3 Å². The van der Waals surface area contributed by atoms with Gasteiger partial charge in [0.2, 0.25) is 0 Å². The number of hydrogen-bond acceptors (Lipinski definition) is 4. The minimum Gasteiger partial charge on any atom is -0.424 e. The van der Waals surface area contributed by atoms with Gasteiger partial charge >= 0.3 is 6.01 Å². The Balaban J connectivity index is 2.26. The second-order valence-corrected chi connectivity index (χ2v) is 4.33. The van der Waals surface area contributed by atoms with Crippen LogP contribution in [-0.2, 0) is 6.54 Å². The van der Waals surface area contributed by atoms with Crippen LogP contribution in [0, 0.1) is 0 Å². The van der Waals surface area contributed by atoms with E-state index in [1.165, 1.54) is 0 Å². The van der Waals surface area contributed by atoms with Gasteiger partial charge < -0.3 is 10.1 Å². The number of hydrogen-bond donors (Lipinski definition) is 1. The van der Waals surface area contributed by atoms with E-state index in [1.807, 2.05) is 25.2 Å². The molecule has 0 amide bonds. The summed E-state index contributed by atoms with van der Waals surface area (Å²) in [5.41, 5.74) is 1.05. The zero-order valence-electron chi connectivity index (χ0n) is 9.35. The molecule has 2 rings (SSSR count). The van der Waals surface area contributed by atoms with E-state index in [2.05, 4.69) is 31.2 Å². The summed E-state index contributed by atoms with van der Waals surface area (Å²) in [5, 5.41) is 3.10. The molecule has 1 heterocycles. The van der Waals surface area contributed by atoms with Gasteiger partial charge in [0, 0.05) is 29.0 Å². The van der Waals surface area contributed by atoms with E-state index in [4.69, 9.17) is 4.74 Å². The fourth-order valence-corrected chi connectivity index (χ4v) is 1.82. The third-order valence-electron chi connectivity index (χ3n) is 2.13. The zero-order chi connectivity index (χ0) is 12.1. The normalized spacial score (nSPS) is 10.2. The fourth-order valence-electron chi connectivity index (χ4n) is 1.41. The molecule has 17 heavy (non-hydrogen) atoms. The van der Waals surface area contributed by atoms with Gasteiger partial charge in [0.25, 0.3) is 0 Å². The van der Waals surface area contributed by atoms with E-state index in [0.717, 1.165) is 22.3 Å². The highest BCUT2D eigenvalue weighted by atomic mass is 79.9. The van der Waals surface area contributed by atoms with Crippen molar-refractivity contribution in [3.63, 3.8) is 0 Å². The summed E-state index contributed by atoms with van der Waals surface area (Å²) < 4.78 is 6.65. The Morgan fingerprint density at radius 1 is 1.29 bits per heavy atom. The number of nitrogens with zero attached hydrogens (tertiary/aromatic N) is 2. The molecular weight excluding hydrogens is 282 g/mol. The molecule has 0 aliphatic heterocycles. The molecule has 0 aliphatic rings. The van der Waals surface area contributed by atoms with Gasteiger partial charge in [-0.25, -0.2) is 9.97 Å². The van der Waals surface area contributed by atoms with Crippen LogP contribution in [0.4, 0.5) is 0 Å². The zero-order valence-corrected chi connectivity index (χ0v) is 10.9. The lowest BCUT2D eigenvalue weighted by Crippen LogP contribution is -2.06. The first-order valence-electron chi connectivity index (χ1n) is 5.17. The molecule has 0 bridgehead atoms. The fraction of sp³-hybridized carbons (Fsp3) is 0.167. The van der Waals surface area contributed by atoms with Crippen molar-refractivity contribution >= 4 is 15.9 Å². The van der Waals surface area contributed by atoms with Crippen molar-refractivity contribution in [3.8, 4) is 11.8 Å². The summed E-state index contributed by atoms with van der Waals surface area (Å²) in [4.78, 5) is 8.06. The summed E-state index contributed by atoms with van der Waals surface area (Å²) in [5.74, 6) is 0.758. The van der Waals surface area contributed by atoms with Crippen molar-refractivity contribution < 1.29 is 4.74 Å². The summed E-state index contributed by atoms with van der Waals surface area (Å²) in [6, 6.07) is 7.94. The average molecular weight is 294 g/mol. The van der Waals surface area contributed by atoms with Gasteiger partial charge in [0.1, 0.15) is 5.75 Å². The summed E-state index contributed by atoms with van der Waals surface area (Å²) in [7, 11) is 1.89. The summed E-state index contributed by atoms with van der Waals surface area (Å²) in [6.07, 6.45) is 3.30. The molecule has 0 saturated heterocycles. The molecule has 88 valence electrons. The van der Waals surface area contributed by atoms with Crippen molar-refractivity contribution in [2.45, 2.75) is 6.54 Å². The Morgan fingerprint density at radius 2 is 2.06 bits per heavy atom. The monoisotopic (exact) mass is 293 g/mol. The molecule has 4 nitrogen and oxygen atoms in total. The molecule has 1 N–H and O–H groups in total. The Labute approximate surface area is 108 Å². The second-order valence-electron chi connectivity index (χ2n) is 3.42. The SMILES string of the molecule is CNCc1cc(Br)ccc1Oc1ncccn1. The lowest BCUT2D eigenvalue weighted by atomic mass is 10.2. The standard InChI is InChI=1S/C12H12BrN3O/c1-14-8-9-7-10(13)3-4-11(9)17-12-15-5-2-6-16-12/h2-7,14H,8H2,1H3. The maximum atomic E-state index is 5.63. The van der Waals surface area contributed by atoms with Crippen molar-refractivity contribution in [3.05, 3.63) is 46.7 Å². The van der Waals surface area contributed by atoms with Crippen molar-refractivity contribution in [2.75, 3.05) is 7.05 Å². The first-order chi connectivity index (χ1) is 8.29. The van der Waals surface area contributed by atoms with Crippen LogP contribution in [0.2, 0.25) is 0 Å². The van der Waals surface area contributed by atoms with E-state index in [-0.39, 0.29) is 0 Å². The Morgan fingerprint density at radius 3 is 2.76 bits per heavy atom. The highest BCUT2D eigenvalue weighted by Gasteiger charge is 2.06. The number of rotatable bonds is 4. The van der Waals surface area contributed by atoms with Crippen LogP contribution < -0.4 is 10.1 Å². The highest BCUT2D eigenvalue weighted by molar-refractivity contribution is 9.10.